The number of hydrogen-bond donors (Lipinski definition) is 0. The fourth-order valence-electron chi connectivity index (χ4n) is 2.75. The molecule has 0 saturated heterocycles. The zero-order valence-corrected chi connectivity index (χ0v) is 13.9. The fraction of sp³-hybridized carbons (Fsp3) is 0.158. The smallest absolute Gasteiger partial charge is 0.342 e. The summed E-state index contributed by atoms with van der Waals surface area (Å²) >= 11 is 0. The zero-order valence-electron chi connectivity index (χ0n) is 13.9. The van der Waals surface area contributed by atoms with E-state index in [-0.39, 0.29) is 36.3 Å². The van der Waals surface area contributed by atoms with E-state index in [1.165, 1.54) is 13.2 Å². The van der Waals surface area contributed by atoms with Crippen molar-refractivity contribution in [3.63, 3.8) is 0 Å². The van der Waals surface area contributed by atoms with Gasteiger partial charge in [-0.15, -0.1) is 0 Å². The minimum absolute atomic E-state index is 0.00880. The first kappa shape index (κ1) is 17.2. The maximum Gasteiger partial charge on any atom is 0.342 e. The third-order valence-electron chi connectivity index (χ3n) is 3.97. The number of amides is 2. The normalized spacial score (nSPS) is 12.5. The summed E-state index contributed by atoms with van der Waals surface area (Å²) in [6.07, 6.45) is 0. The Balaban J connectivity index is 1.87. The quantitative estimate of drug-likeness (QED) is 0.606. The molecule has 2 amide bonds. The summed E-state index contributed by atoms with van der Waals surface area (Å²) in [5.74, 6) is -1.20. The van der Waals surface area contributed by atoms with Crippen LogP contribution in [-0.4, -0.2) is 36.4 Å². The molecule has 130 valence electrons. The lowest BCUT2D eigenvalue weighted by Crippen LogP contribution is -2.29. The number of fused-ring (bicyclic) bond motifs is 1. The largest absolute Gasteiger partial charge is 0.496 e. The third kappa shape index (κ3) is 3.00. The molecular formula is C19H14N2O5. The van der Waals surface area contributed by atoms with Crippen LogP contribution < -0.4 is 4.74 Å². The number of carbonyl (C=O) groups is 3. The molecule has 2 aromatic rings. The monoisotopic (exact) mass is 350 g/mol. The highest BCUT2D eigenvalue weighted by molar-refractivity contribution is 6.21. The van der Waals surface area contributed by atoms with Crippen LogP contribution in [0.2, 0.25) is 0 Å². The molecule has 0 radical (unpaired) electrons. The van der Waals surface area contributed by atoms with Crippen molar-refractivity contribution in [1.29, 1.82) is 5.26 Å². The van der Waals surface area contributed by atoms with Crippen LogP contribution in [0.1, 0.15) is 36.6 Å². The molecule has 0 fully saturated rings. The summed E-state index contributed by atoms with van der Waals surface area (Å²) in [6.45, 7) is -0.376. The van der Waals surface area contributed by atoms with Crippen molar-refractivity contribution in [3.05, 3.63) is 64.7 Å². The van der Waals surface area contributed by atoms with Gasteiger partial charge in [0.1, 0.15) is 17.4 Å². The summed E-state index contributed by atoms with van der Waals surface area (Å²) in [5.41, 5.74) is 1.40. The number of nitriles is 1. The Kier molecular flexibility index (Phi) is 4.67. The number of methoxy groups -OCH3 is 1. The highest BCUT2D eigenvalue weighted by atomic mass is 16.5. The predicted octanol–water partition coefficient (Wildman–Crippen LogP) is 2.17. The van der Waals surface area contributed by atoms with Crippen LogP contribution in [0.4, 0.5) is 0 Å². The average molecular weight is 350 g/mol. The van der Waals surface area contributed by atoms with E-state index in [1.54, 1.807) is 42.5 Å². The lowest BCUT2D eigenvalue weighted by atomic mass is 10.1. The van der Waals surface area contributed by atoms with E-state index < -0.39 is 5.97 Å². The Labute approximate surface area is 149 Å². The molecule has 0 aliphatic carbocycles. The van der Waals surface area contributed by atoms with Crippen molar-refractivity contribution in [3.8, 4) is 11.8 Å². The Morgan fingerprint density at radius 1 is 1.12 bits per heavy atom. The third-order valence-corrected chi connectivity index (χ3v) is 3.97. The molecule has 0 aromatic heterocycles. The number of benzene rings is 2. The number of nitrogens with zero attached hydrogens (tertiary/aromatic N) is 2. The van der Waals surface area contributed by atoms with Crippen LogP contribution in [0, 0.1) is 11.3 Å². The minimum atomic E-state index is -0.715. The molecule has 1 heterocycles. The molecular weight excluding hydrogens is 336 g/mol. The van der Waals surface area contributed by atoms with Gasteiger partial charge in [-0.25, -0.2) is 4.79 Å². The van der Waals surface area contributed by atoms with Gasteiger partial charge in [-0.3, -0.25) is 14.5 Å². The molecule has 0 spiro atoms. The predicted molar refractivity (Wildman–Crippen MR) is 89.5 cm³/mol. The first-order valence-corrected chi connectivity index (χ1v) is 7.73. The van der Waals surface area contributed by atoms with Crippen molar-refractivity contribution < 1.29 is 23.9 Å². The first-order valence-electron chi connectivity index (χ1n) is 7.73. The minimum Gasteiger partial charge on any atom is -0.496 e. The molecule has 2 aromatic carbocycles. The van der Waals surface area contributed by atoms with Gasteiger partial charge in [0, 0.05) is 0 Å². The summed E-state index contributed by atoms with van der Waals surface area (Å²) in [4.78, 5) is 38.1. The summed E-state index contributed by atoms with van der Waals surface area (Å²) in [6, 6.07) is 13.0. The van der Waals surface area contributed by atoms with Gasteiger partial charge in [-0.2, -0.15) is 5.26 Å². The van der Waals surface area contributed by atoms with Crippen molar-refractivity contribution in [2.45, 2.75) is 6.54 Å². The van der Waals surface area contributed by atoms with E-state index in [0.29, 0.717) is 16.7 Å². The lowest BCUT2D eigenvalue weighted by molar-refractivity contribution is 0.0550. The molecule has 26 heavy (non-hydrogen) atoms. The van der Waals surface area contributed by atoms with Crippen molar-refractivity contribution in [1.82, 2.24) is 4.90 Å². The van der Waals surface area contributed by atoms with Gasteiger partial charge in [0.15, 0.2) is 6.61 Å². The Morgan fingerprint density at radius 2 is 1.77 bits per heavy atom. The van der Waals surface area contributed by atoms with E-state index in [4.69, 9.17) is 14.7 Å². The van der Waals surface area contributed by atoms with E-state index in [0.717, 1.165) is 4.90 Å². The van der Waals surface area contributed by atoms with E-state index >= 15 is 0 Å². The molecule has 0 saturated carbocycles. The average Bonchev–Trinajstić information content (AvgIpc) is 2.91. The van der Waals surface area contributed by atoms with Crippen LogP contribution >= 0.6 is 0 Å². The van der Waals surface area contributed by atoms with E-state index in [1.807, 2.05) is 0 Å². The number of rotatable bonds is 5. The summed E-state index contributed by atoms with van der Waals surface area (Å²) in [5, 5.41) is 8.54. The maximum atomic E-state index is 12.4. The van der Waals surface area contributed by atoms with Gasteiger partial charge in [-0.1, -0.05) is 18.2 Å². The number of carbonyl (C=O) groups excluding carboxylic acids is 3. The second-order valence-corrected chi connectivity index (χ2v) is 5.51. The maximum absolute atomic E-state index is 12.4. The second-order valence-electron chi connectivity index (χ2n) is 5.51. The zero-order chi connectivity index (χ0) is 18.7. The molecule has 3 rings (SSSR count). The fourth-order valence-corrected chi connectivity index (χ4v) is 2.75. The topological polar surface area (TPSA) is 96.7 Å². The van der Waals surface area contributed by atoms with Crippen LogP contribution in [0.5, 0.6) is 5.75 Å². The van der Waals surface area contributed by atoms with Crippen LogP contribution in [0.25, 0.3) is 0 Å². The Bertz CT molecular complexity index is 910. The van der Waals surface area contributed by atoms with Crippen molar-refractivity contribution in [2.24, 2.45) is 0 Å². The van der Waals surface area contributed by atoms with Crippen molar-refractivity contribution >= 4 is 17.8 Å². The van der Waals surface area contributed by atoms with Gasteiger partial charge in [0.2, 0.25) is 0 Å². The molecule has 0 unspecified atom stereocenters. The van der Waals surface area contributed by atoms with Crippen LogP contribution in [0.3, 0.4) is 0 Å². The number of hydrogen-bond acceptors (Lipinski definition) is 6. The Hall–Kier alpha value is -3.66. The van der Waals surface area contributed by atoms with Gasteiger partial charge >= 0.3 is 5.97 Å². The first-order chi connectivity index (χ1) is 12.6. The highest BCUT2D eigenvalue weighted by Crippen LogP contribution is 2.26. The molecule has 0 atom stereocenters. The van der Waals surface area contributed by atoms with Gasteiger partial charge in [-0.05, 0) is 29.8 Å². The number of ether oxygens (including phenoxy) is 2. The van der Waals surface area contributed by atoms with Gasteiger partial charge in [0.05, 0.1) is 24.8 Å². The SMILES string of the molecule is COc1ccc(CN2C(=O)c3ccccc3C2=O)cc1C(=O)OCC#N. The van der Waals surface area contributed by atoms with E-state index in [2.05, 4.69) is 0 Å². The van der Waals surface area contributed by atoms with Crippen LogP contribution in [-0.2, 0) is 11.3 Å². The molecule has 1 aliphatic rings. The highest BCUT2D eigenvalue weighted by Gasteiger charge is 2.35. The van der Waals surface area contributed by atoms with Gasteiger partial charge in [0.25, 0.3) is 11.8 Å². The van der Waals surface area contributed by atoms with Crippen molar-refractivity contribution in [2.75, 3.05) is 13.7 Å². The summed E-state index contributed by atoms with van der Waals surface area (Å²) < 4.78 is 9.94. The van der Waals surface area contributed by atoms with Crippen LogP contribution in [0.15, 0.2) is 42.5 Å². The van der Waals surface area contributed by atoms with Gasteiger partial charge < -0.3 is 9.47 Å². The lowest BCUT2D eigenvalue weighted by Gasteiger charge is -2.15. The standard InChI is InChI=1S/C19H14N2O5/c1-25-16-7-6-12(10-15(16)19(24)26-9-8-20)11-21-17(22)13-4-2-3-5-14(13)18(21)23/h2-7,10H,9,11H2,1H3. The molecule has 7 heteroatoms. The number of esters is 1. The molecule has 7 nitrogen and oxygen atoms in total. The number of imide groups is 1. The second kappa shape index (κ2) is 7.07. The summed E-state index contributed by atoms with van der Waals surface area (Å²) in [7, 11) is 1.40. The molecule has 0 N–H and O–H groups in total. The molecule has 1 aliphatic heterocycles. The Morgan fingerprint density at radius 3 is 2.35 bits per heavy atom. The molecule has 0 bridgehead atoms. The van der Waals surface area contributed by atoms with E-state index in [9.17, 15) is 14.4 Å².